The molecule has 30 heavy (non-hydrogen) atoms. The summed E-state index contributed by atoms with van der Waals surface area (Å²) in [7, 11) is 0. The Hall–Kier alpha value is -3.28. The molecule has 6 heteroatoms. The first-order valence-electron chi connectivity index (χ1n) is 10.4. The molecule has 6 rings (SSSR count). The Morgan fingerprint density at radius 3 is 2.17 bits per heavy atom. The lowest BCUT2D eigenvalue weighted by Gasteiger charge is -2.38. The minimum Gasteiger partial charge on any atom is -0.311 e. The molecular formula is C24H23N3O3. The Kier molecular flexibility index (Phi) is 4.69. The van der Waals surface area contributed by atoms with Gasteiger partial charge in [-0.3, -0.25) is 19.3 Å². The number of amides is 3. The van der Waals surface area contributed by atoms with Crippen molar-refractivity contribution < 1.29 is 14.4 Å². The number of nitrogens with one attached hydrogen (secondary N) is 1. The number of likely N-dealkylation sites (tertiary alicyclic amines) is 1. The first-order valence-corrected chi connectivity index (χ1v) is 10.4. The molecular weight excluding hydrogens is 378 g/mol. The Labute approximate surface area is 175 Å². The molecule has 2 fully saturated rings. The number of anilines is 1. The van der Waals surface area contributed by atoms with Gasteiger partial charge >= 0.3 is 0 Å². The molecule has 2 heterocycles. The third kappa shape index (κ3) is 3.12. The smallest absolute Gasteiger partial charge is 0.234 e. The predicted octanol–water partition coefficient (Wildman–Crippen LogP) is 3.35. The molecule has 0 radical (unpaired) electrons. The van der Waals surface area contributed by atoms with Crippen LogP contribution in [0.2, 0.25) is 0 Å². The van der Waals surface area contributed by atoms with E-state index in [1.807, 2.05) is 30.3 Å². The summed E-state index contributed by atoms with van der Waals surface area (Å²) >= 11 is 0. The number of carbonyl (C=O) groups is 3. The summed E-state index contributed by atoms with van der Waals surface area (Å²) in [6, 6.07) is 14.0. The number of hydrogen-bond acceptors (Lipinski definition) is 4. The molecule has 0 unspecified atom stereocenters. The maximum absolute atomic E-state index is 13.4. The first kappa shape index (κ1) is 18.7. The fourth-order valence-electron chi connectivity index (χ4n) is 5.24. The lowest BCUT2D eigenvalue weighted by molar-refractivity contribution is -0.143. The number of benzene rings is 1. The number of nitrogens with zero attached hydrogens (tertiary/aromatic N) is 2. The van der Waals surface area contributed by atoms with Gasteiger partial charge in [0.2, 0.25) is 17.7 Å². The number of imide groups is 1. The van der Waals surface area contributed by atoms with Gasteiger partial charge in [-0.2, -0.15) is 0 Å². The molecule has 1 N–H and O–H groups in total. The van der Waals surface area contributed by atoms with E-state index in [1.54, 1.807) is 24.4 Å². The minimum atomic E-state index is -0.625. The summed E-state index contributed by atoms with van der Waals surface area (Å²) in [5, 5.41) is 2.78. The molecule has 2 aromatic rings. The Morgan fingerprint density at radius 1 is 0.967 bits per heavy atom. The average molecular weight is 401 g/mol. The van der Waals surface area contributed by atoms with E-state index in [4.69, 9.17) is 0 Å². The molecule has 4 aliphatic rings. The lowest BCUT2D eigenvalue weighted by Crippen LogP contribution is -2.38. The van der Waals surface area contributed by atoms with Crippen LogP contribution in [0.1, 0.15) is 30.9 Å². The van der Waals surface area contributed by atoms with Gasteiger partial charge in [-0.05, 0) is 42.4 Å². The second-order valence-electron chi connectivity index (χ2n) is 8.28. The maximum atomic E-state index is 13.4. The molecule has 1 aliphatic heterocycles. The molecule has 1 aromatic carbocycles. The molecule has 3 amide bonds. The molecule has 0 spiro atoms. The highest BCUT2D eigenvalue weighted by Crippen LogP contribution is 2.51. The van der Waals surface area contributed by atoms with Gasteiger partial charge in [-0.1, -0.05) is 48.6 Å². The fraction of sp³-hybridized carbons (Fsp3) is 0.333. The van der Waals surface area contributed by atoms with E-state index in [-0.39, 0.29) is 47.8 Å². The Bertz CT molecular complexity index is 973. The number of rotatable bonds is 5. The SMILES string of the molecule is O=C(C[C@H](c1ccccc1)N1C(=O)[C@@H]2[C@H](C1=O)[C@H]1C=C[C@H]2CC1)Nc1ccccn1. The predicted molar refractivity (Wildman–Crippen MR) is 111 cm³/mol. The first-order chi connectivity index (χ1) is 14.6. The normalized spacial score (nSPS) is 27.8. The summed E-state index contributed by atoms with van der Waals surface area (Å²) in [6.45, 7) is 0. The van der Waals surface area contributed by atoms with E-state index in [1.165, 1.54) is 4.90 Å². The zero-order chi connectivity index (χ0) is 20.7. The zero-order valence-corrected chi connectivity index (χ0v) is 16.5. The van der Waals surface area contributed by atoms with Gasteiger partial charge in [0, 0.05) is 6.20 Å². The summed E-state index contributed by atoms with van der Waals surface area (Å²) in [5.41, 5.74) is 0.786. The summed E-state index contributed by atoms with van der Waals surface area (Å²) in [5.74, 6) is -0.423. The highest BCUT2D eigenvalue weighted by molar-refractivity contribution is 6.07. The van der Waals surface area contributed by atoms with E-state index in [0.717, 1.165) is 18.4 Å². The van der Waals surface area contributed by atoms with Crippen LogP contribution in [0.3, 0.4) is 0 Å². The topological polar surface area (TPSA) is 79.4 Å². The summed E-state index contributed by atoms with van der Waals surface area (Å²) in [4.78, 5) is 45.2. The number of aromatic nitrogens is 1. The molecule has 6 nitrogen and oxygen atoms in total. The van der Waals surface area contributed by atoms with E-state index in [0.29, 0.717) is 5.82 Å². The molecule has 2 bridgehead atoms. The third-order valence-corrected chi connectivity index (χ3v) is 6.60. The van der Waals surface area contributed by atoms with Crippen molar-refractivity contribution in [2.45, 2.75) is 25.3 Å². The Balaban J connectivity index is 1.45. The van der Waals surface area contributed by atoms with Crippen LogP contribution < -0.4 is 5.32 Å². The van der Waals surface area contributed by atoms with Gasteiger partial charge in [-0.25, -0.2) is 4.98 Å². The molecule has 1 aromatic heterocycles. The second kappa shape index (κ2) is 7.52. The minimum absolute atomic E-state index is 0.000267. The van der Waals surface area contributed by atoms with Crippen LogP contribution in [-0.2, 0) is 14.4 Å². The van der Waals surface area contributed by atoms with Crippen LogP contribution >= 0.6 is 0 Å². The number of allylic oxidation sites excluding steroid dienone is 2. The zero-order valence-electron chi connectivity index (χ0n) is 16.5. The van der Waals surface area contributed by atoms with Crippen LogP contribution in [0.5, 0.6) is 0 Å². The van der Waals surface area contributed by atoms with Gasteiger partial charge in [-0.15, -0.1) is 0 Å². The highest BCUT2D eigenvalue weighted by Gasteiger charge is 2.58. The van der Waals surface area contributed by atoms with Crippen molar-refractivity contribution in [1.29, 1.82) is 0 Å². The molecule has 3 aliphatic carbocycles. The number of fused-ring (bicyclic) bond motifs is 1. The van der Waals surface area contributed by atoms with E-state index < -0.39 is 6.04 Å². The van der Waals surface area contributed by atoms with Crippen LogP contribution in [0.15, 0.2) is 66.9 Å². The van der Waals surface area contributed by atoms with E-state index >= 15 is 0 Å². The lowest BCUT2D eigenvalue weighted by atomic mass is 9.63. The molecule has 5 atom stereocenters. The van der Waals surface area contributed by atoms with Crippen molar-refractivity contribution in [2.24, 2.45) is 23.7 Å². The van der Waals surface area contributed by atoms with E-state index in [2.05, 4.69) is 22.5 Å². The number of carbonyl (C=O) groups excluding carboxylic acids is 3. The molecule has 1 saturated heterocycles. The molecule has 1 saturated carbocycles. The second-order valence-corrected chi connectivity index (χ2v) is 8.28. The van der Waals surface area contributed by atoms with Gasteiger partial charge in [0.1, 0.15) is 5.82 Å². The van der Waals surface area contributed by atoms with Crippen LogP contribution in [0, 0.1) is 23.7 Å². The van der Waals surface area contributed by atoms with Gasteiger partial charge in [0.05, 0.1) is 24.3 Å². The van der Waals surface area contributed by atoms with Crippen molar-refractivity contribution in [2.75, 3.05) is 5.32 Å². The standard InChI is InChI=1S/C24H23N3O3/c28-20(26-19-8-4-5-13-25-19)14-18(15-6-2-1-3-7-15)27-23(29)21-16-9-10-17(12-11-16)22(21)24(27)30/h1-10,13,16-18,21-22H,11-12,14H2,(H,25,26,28)/t16-,17-,18+,21-,22+/m0/s1. The molecule has 152 valence electrons. The van der Waals surface area contributed by atoms with Crippen molar-refractivity contribution in [3.8, 4) is 0 Å². The van der Waals surface area contributed by atoms with Crippen molar-refractivity contribution in [1.82, 2.24) is 9.88 Å². The van der Waals surface area contributed by atoms with Gasteiger partial charge < -0.3 is 5.32 Å². The van der Waals surface area contributed by atoms with Crippen molar-refractivity contribution >= 4 is 23.5 Å². The third-order valence-electron chi connectivity index (χ3n) is 6.60. The summed E-state index contributed by atoms with van der Waals surface area (Å²) < 4.78 is 0. The largest absolute Gasteiger partial charge is 0.311 e. The van der Waals surface area contributed by atoms with Gasteiger partial charge in [0.15, 0.2) is 0 Å². The quantitative estimate of drug-likeness (QED) is 0.616. The Morgan fingerprint density at radius 2 is 1.60 bits per heavy atom. The van der Waals surface area contributed by atoms with Crippen LogP contribution in [0.4, 0.5) is 5.82 Å². The maximum Gasteiger partial charge on any atom is 0.234 e. The van der Waals surface area contributed by atoms with Crippen molar-refractivity contribution in [3.05, 3.63) is 72.4 Å². The van der Waals surface area contributed by atoms with Gasteiger partial charge in [0.25, 0.3) is 0 Å². The average Bonchev–Trinajstić information content (AvgIpc) is 3.07. The fourth-order valence-corrected chi connectivity index (χ4v) is 5.24. The summed E-state index contributed by atoms with van der Waals surface area (Å²) in [6.07, 6.45) is 7.72. The van der Waals surface area contributed by atoms with Crippen LogP contribution in [-0.4, -0.2) is 27.6 Å². The van der Waals surface area contributed by atoms with E-state index in [9.17, 15) is 14.4 Å². The number of hydrogen-bond donors (Lipinski definition) is 1. The van der Waals surface area contributed by atoms with Crippen LogP contribution in [0.25, 0.3) is 0 Å². The van der Waals surface area contributed by atoms with Crippen molar-refractivity contribution in [3.63, 3.8) is 0 Å². The highest BCUT2D eigenvalue weighted by atomic mass is 16.2. The monoisotopic (exact) mass is 401 g/mol. The number of pyridine rings is 1.